The summed E-state index contributed by atoms with van der Waals surface area (Å²) >= 11 is 0. The Balaban J connectivity index is 2.00. The van der Waals surface area contributed by atoms with Crippen LogP contribution in [0.1, 0.15) is 19.8 Å². The second-order valence-electron chi connectivity index (χ2n) is 3.82. The van der Waals surface area contributed by atoms with Crippen LogP contribution >= 0.6 is 0 Å². The van der Waals surface area contributed by atoms with E-state index < -0.39 is 6.10 Å². The third-order valence-corrected chi connectivity index (χ3v) is 2.25. The van der Waals surface area contributed by atoms with Crippen molar-refractivity contribution in [2.24, 2.45) is 0 Å². The van der Waals surface area contributed by atoms with Crippen molar-refractivity contribution >= 4 is 11.7 Å². The summed E-state index contributed by atoms with van der Waals surface area (Å²) < 4.78 is 0. The zero-order valence-corrected chi connectivity index (χ0v) is 10.0. The third-order valence-electron chi connectivity index (χ3n) is 2.25. The van der Waals surface area contributed by atoms with Crippen LogP contribution in [0.3, 0.4) is 0 Å². The first-order chi connectivity index (χ1) is 8.20. The third kappa shape index (κ3) is 5.87. The Morgan fingerprint density at radius 1 is 1.41 bits per heavy atom. The van der Waals surface area contributed by atoms with Crippen LogP contribution in [0.2, 0.25) is 0 Å². The van der Waals surface area contributed by atoms with Crippen LogP contribution < -0.4 is 10.6 Å². The average Bonchev–Trinajstić information content (AvgIpc) is 2.34. The minimum absolute atomic E-state index is 0.317. The van der Waals surface area contributed by atoms with Gasteiger partial charge in [-0.3, -0.25) is 4.79 Å². The van der Waals surface area contributed by atoms with E-state index in [9.17, 15) is 4.79 Å². The highest BCUT2D eigenvalue weighted by molar-refractivity contribution is 5.79. The number of unbranched alkanes of at least 4 members (excludes halogenated alkanes) is 1. The van der Waals surface area contributed by atoms with E-state index in [0.29, 0.717) is 6.54 Å². The second kappa shape index (κ2) is 7.62. The van der Waals surface area contributed by atoms with Crippen molar-refractivity contribution in [3.63, 3.8) is 0 Å². The molecule has 0 radical (unpaired) electrons. The molecule has 0 aromatic carbocycles. The molecule has 0 spiro atoms. The van der Waals surface area contributed by atoms with Gasteiger partial charge in [0, 0.05) is 19.3 Å². The van der Waals surface area contributed by atoms with Crippen molar-refractivity contribution in [2.45, 2.75) is 25.9 Å². The largest absolute Gasteiger partial charge is 0.384 e. The molecule has 0 bridgehead atoms. The normalized spacial score (nSPS) is 11.9. The molecule has 0 saturated heterocycles. The number of aliphatic hydroxyl groups excluding tert-OH is 1. The van der Waals surface area contributed by atoms with Crippen LogP contribution in [0.5, 0.6) is 0 Å². The van der Waals surface area contributed by atoms with Crippen molar-refractivity contribution in [3.8, 4) is 0 Å². The molecule has 1 aromatic heterocycles. The number of amides is 1. The smallest absolute Gasteiger partial charge is 0.248 e. The van der Waals surface area contributed by atoms with Gasteiger partial charge in [-0.25, -0.2) is 4.98 Å². The first kappa shape index (κ1) is 13.4. The highest BCUT2D eigenvalue weighted by atomic mass is 16.3. The molecule has 1 heterocycles. The number of hydrogen-bond acceptors (Lipinski definition) is 4. The molecule has 5 nitrogen and oxygen atoms in total. The van der Waals surface area contributed by atoms with Crippen LogP contribution in [-0.4, -0.2) is 35.2 Å². The summed E-state index contributed by atoms with van der Waals surface area (Å²) in [5.74, 6) is 0.545. The standard InChI is InChI=1S/C12H19N3O2/c1-10(16)12(17)15-9-5-4-8-14-11-6-2-3-7-13-11/h2-3,6-7,10,16H,4-5,8-9H2,1H3,(H,13,14)(H,15,17). The lowest BCUT2D eigenvalue weighted by atomic mass is 10.3. The number of rotatable bonds is 7. The topological polar surface area (TPSA) is 74.2 Å². The molecule has 94 valence electrons. The lowest BCUT2D eigenvalue weighted by Gasteiger charge is -2.07. The van der Waals surface area contributed by atoms with Gasteiger partial charge < -0.3 is 15.7 Å². The number of aromatic nitrogens is 1. The maximum absolute atomic E-state index is 11.0. The zero-order valence-electron chi connectivity index (χ0n) is 10.0. The average molecular weight is 237 g/mol. The summed E-state index contributed by atoms with van der Waals surface area (Å²) in [5, 5.41) is 14.8. The quantitative estimate of drug-likeness (QED) is 0.612. The summed E-state index contributed by atoms with van der Waals surface area (Å²) in [7, 11) is 0. The van der Waals surface area contributed by atoms with E-state index >= 15 is 0 Å². The van der Waals surface area contributed by atoms with Crippen LogP contribution in [0.15, 0.2) is 24.4 Å². The molecule has 0 aliphatic carbocycles. The predicted molar refractivity (Wildman–Crippen MR) is 66.7 cm³/mol. The molecule has 3 N–H and O–H groups in total. The van der Waals surface area contributed by atoms with Gasteiger partial charge in [0.05, 0.1) is 0 Å². The van der Waals surface area contributed by atoms with Crippen molar-refractivity contribution in [2.75, 3.05) is 18.4 Å². The summed E-state index contributed by atoms with van der Waals surface area (Å²) in [5.41, 5.74) is 0. The molecule has 1 atom stereocenters. The number of hydrogen-bond donors (Lipinski definition) is 3. The van der Waals surface area contributed by atoms with E-state index in [1.54, 1.807) is 6.20 Å². The Labute approximate surface area is 101 Å². The number of nitrogens with zero attached hydrogens (tertiary/aromatic N) is 1. The van der Waals surface area contributed by atoms with E-state index in [-0.39, 0.29) is 5.91 Å². The van der Waals surface area contributed by atoms with E-state index in [0.717, 1.165) is 25.2 Å². The molecule has 5 heteroatoms. The molecular formula is C12H19N3O2. The Morgan fingerprint density at radius 2 is 2.18 bits per heavy atom. The number of carbonyl (C=O) groups excluding carboxylic acids is 1. The fraction of sp³-hybridized carbons (Fsp3) is 0.500. The molecule has 1 unspecified atom stereocenters. The summed E-state index contributed by atoms with van der Waals surface area (Å²) in [6.07, 6.45) is 2.63. The number of aliphatic hydroxyl groups is 1. The van der Waals surface area contributed by atoms with E-state index in [1.807, 2.05) is 18.2 Å². The number of nitrogens with one attached hydrogen (secondary N) is 2. The fourth-order valence-corrected chi connectivity index (χ4v) is 1.29. The van der Waals surface area contributed by atoms with Gasteiger partial charge in [0.25, 0.3) is 0 Å². The molecular weight excluding hydrogens is 218 g/mol. The minimum Gasteiger partial charge on any atom is -0.384 e. The molecule has 1 rings (SSSR count). The highest BCUT2D eigenvalue weighted by Crippen LogP contribution is 1.99. The van der Waals surface area contributed by atoms with Crippen molar-refractivity contribution < 1.29 is 9.90 Å². The number of carbonyl (C=O) groups is 1. The van der Waals surface area contributed by atoms with Gasteiger partial charge in [0.1, 0.15) is 11.9 Å². The van der Waals surface area contributed by atoms with Crippen molar-refractivity contribution in [3.05, 3.63) is 24.4 Å². The maximum atomic E-state index is 11.0. The number of pyridine rings is 1. The van der Waals surface area contributed by atoms with Crippen LogP contribution in [0, 0.1) is 0 Å². The van der Waals surface area contributed by atoms with Gasteiger partial charge in [0.15, 0.2) is 0 Å². The fourth-order valence-electron chi connectivity index (χ4n) is 1.29. The van der Waals surface area contributed by atoms with E-state index in [4.69, 9.17) is 5.11 Å². The predicted octanol–water partition coefficient (Wildman–Crippen LogP) is 0.771. The van der Waals surface area contributed by atoms with Gasteiger partial charge in [-0.1, -0.05) is 6.07 Å². The van der Waals surface area contributed by atoms with Gasteiger partial charge in [-0.2, -0.15) is 0 Å². The van der Waals surface area contributed by atoms with Crippen LogP contribution in [-0.2, 0) is 4.79 Å². The first-order valence-electron chi connectivity index (χ1n) is 5.81. The summed E-state index contributed by atoms with van der Waals surface area (Å²) in [4.78, 5) is 15.1. The van der Waals surface area contributed by atoms with Gasteiger partial charge in [-0.05, 0) is 31.9 Å². The Bertz CT molecular complexity index is 328. The van der Waals surface area contributed by atoms with Crippen LogP contribution in [0.4, 0.5) is 5.82 Å². The van der Waals surface area contributed by atoms with Crippen molar-refractivity contribution in [1.82, 2.24) is 10.3 Å². The second-order valence-corrected chi connectivity index (χ2v) is 3.82. The summed E-state index contributed by atoms with van der Waals surface area (Å²) in [6.45, 7) is 2.87. The Kier molecular flexibility index (Phi) is 6.03. The minimum atomic E-state index is -0.929. The van der Waals surface area contributed by atoms with Gasteiger partial charge in [-0.15, -0.1) is 0 Å². The Hall–Kier alpha value is -1.62. The van der Waals surface area contributed by atoms with E-state index in [1.165, 1.54) is 6.92 Å². The molecule has 1 amide bonds. The molecule has 0 aliphatic rings. The SMILES string of the molecule is CC(O)C(=O)NCCCCNc1ccccn1. The van der Waals surface area contributed by atoms with E-state index in [2.05, 4.69) is 15.6 Å². The number of anilines is 1. The van der Waals surface area contributed by atoms with Gasteiger partial charge in [0.2, 0.25) is 5.91 Å². The molecule has 1 aromatic rings. The highest BCUT2D eigenvalue weighted by Gasteiger charge is 2.06. The maximum Gasteiger partial charge on any atom is 0.248 e. The molecule has 0 fully saturated rings. The lowest BCUT2D eigenvalue weighted by molar-refractivity contribution is -0.128. The summed E-state index contributed by atoms with van der Waals surface area (Å²) in [6, 6.07) is 5.71. The lowest BCUT2D eigenvalue weighted by Crippen LogP contribution is -2.33. The zero-order chi connectivity index (χ0) is 12.5. The van der Waals surface area contributed by atoms with Gasteiger partial charge >= 0.3 is 0 Å². The Morgan fingerprint density at radius 3 is 2.82 bits per heavy atom. The van der Waals surface area contributed by atoms with Crippen molar-refractivity contribution in [1.29, 1.82) is 0 Å². The van der Waals surface area contributed by atoms with Crippen LogP contribution in [0.25, 0.3) is 0 Å². The molecule has 0 aliphatic heterocycles. The monoisotopic (exact) mass is 237 g/mol. The first-order valence-corrected chi connectivity index (χ1v) is 5.81. The molecule has 17 heavy (non-hydrogen) atoms. The molecule has 0 saturated carbocycles.